The van der Waals surface area contributed by atoms with Gasteiger partial charge in [-0.15, -0.1) is 0 Å². The number of ether oxygens (including phenoxy) is 2. The largest absolute Gasteiger partial charge is 0.462 e. The highest BCUT2D eigenvalue weighted by Gasteiger charge is 2.17. The standard InChI is InChI=1S/C30H43N5O7/c1-3-5-7-9-11-13-17-41-28(36)23-19-24(29(37)42-18-14-12-10-8-6-4-2)21-25(20-23)32-30(38)34-33-27-16-15-26(22-31-27)35(39)40/h15-16,19-22H,3-14,17-18H2,1-2H3,(H,31,33)(H2,32,34,38). The van der Waals surface area contributed by atoms with E-state index in [1.54, 1.807) is 0 Å². The number of unbranched alkanes of at least 4 members (excludes halogenated alkanes) is 10. The zero-order valence-electron chi connectivity index (χ0n) is 24.6. The summed E-state index contributed by atoms with van der Waals surface area (Å²) in [4.78, 5) is 52.1. The Morgan fingerprint density at radius 2 is 1.31 bits per heavy atom. The van der Waals surface area contributed by atoms with Gasteiger partial charge in [0.2, 0.25) is 0 Å². The Morgan fingerprint density at radius 3 is 1.79 bits per heavy atom. The number of hydrogen-bond acceptors (Lipinski definition) is 9. The van der Waals surface area contributed by atoms with E-state index in [2.05, 4.69) is 35.0 Å². The van der Waals surface area contributed by atoms with Crippen LogP contribution in [-0.4, -0.2) is 41.1 Å². The van der Waals surface area contributed by atoms with Crippen LogP contribution in [0, 0.1) is 10.1 Å². The van der Waals surface area contributed by atoms with Gasteiger partial charge >= 0.3 is 18.0 Å². The van der Waals surface area contributed by atoms with Gasteiger partial charge in [0.15, 0.2) is 0 Å². The number of aromatic nitrogens is 1. The molecular weight excluding hydrogens is 542 g/mol. The van der Waals surface area contributed by atoms with Crippen LogP contribution < -0.4 is 16.2 Å². The first-order valence-corrected chi connectivity index (χ1v) is 14.8. The van der Waals surface area contributed by atoms with Crippen LogP contribution in [0.5, 0.6) is 0 Å². The molecule has 0 saturated heterocycles. The molecule has 0 bridgehead atoms. The van der Waals surface area contributed by atoms with Gasteiger partial charge in [-0.25, -0.2) is 19.4 Å². The predicted octanol–water partition coefficient (Wildman–Crippen LogP) is 7.17. The van der Waals surface area contributed by atoms with Crippen molar-refractivity contribution in [3.05, 3.63) is 57.8 Å². The summed E-state index contributed by atoms with van der Waals surface area (Å²) in [6.45, 7) is 4.82. The van der Waals surface area contributed by atoms with E-state index < -0.39 is 22.9 Å². The quantitative estimate of drug-likeness (QED) is 0.0632. The van der Waals surface area contributed by atoms with Crippen molar-refractivity contribution in [2.45, 2.75) is 90.9 Å². The van der Waals surface area contributed by atoms with E-state index in [1.165, 1.54) is 43.2 Å². The number of benzene rings is 1. The topological polar surface area (TPSA) is 162 Å². The monoisotopic (exact) mass is 585 g/mol. The first kappa shape index (κ1) is 34.0. The molecule has 230 valence electrons. The molecule has 12 nitrogen and oxygen atoms in total. The van der Waals surface area contributed by atoms with Crippen molar-refractivity contribution in [1.29, 1.82) is 0 Å². The van der Waals surface area contributed by atoms with Gasteiger partial charge in [-0.05, 0) is 37.1 Å². The van der Waals surface area contributed by atoms with Gasteiger partial charge in [-0.3, -0.25) is 21.0 Å². The van der Waals surface area contributed by atoms with Crippen LogP contribution in [0.25, 0.3) is 0 Å². The molecule has 0 unspecified atom stereocenters. The normalized spacial score (nSPS) is 10.5. The van der Waals surface area contributed by atoms with Crippen LogP contribution in [-0.2, 0) is 9.47 Å². The lowest BCUT2D eigenvalue weighted by atomic mass is 10.1. The number of hydrazine groups is 1. The molecule has 1 aromatic carbocycles. The minimum atomic E-state index is -0.723. The summed E-state index contributed by atoms with van der Waals surface area (Å²) in [6.07, 6.45) is 13.6. The fourth-order valence-corrected chi connectivity index (χ4v) is 4.05. The number of esters is 2. The maximum atomic E-state index is 12.8. The first-order chi connectivity index (χ1) is 20.3. The number of urea groups is 1. The van der Waals surface area contributed by atoms with Crippen molar-refractivity contribution in [3.8, 4) is 0 Å². The van der Waals surface area contributed by atoms with Crippen molar-refractivity contribution in [2.24, 2.45) is 0 Å². The molecule has 0 fully saturated rings. The number of nitrogens with zero attached hydrogens (tertiary/aromatic N) is 2. The van der Waals surface area contributed by atoms with E-state index in [4.69, 9.17) is 9.47 Å². The molecule has 0 aliphatic heterocycles. The number of pyridine rings is 1. The van der Waals surface area contributed by atoms with Gasteiger partial charge in [0.05, 0.1) is 29.3 Å². The van der Waals surface area contributed by atoms with Gasteiger partial charge < -0.3 is 14.8 Å². The van der Waals surface area contributed by atoms with Crippen molar-refractivity contribution >= 4 is 35.2 Å². The maximum absolute atomic E-state index is 12.8. The van der Waals surface area contributed by atoms with E-state index in [9.17, 15) is 24.5 Å². The van der Waals surface area contributed by atoms with E-state index >= 15 is 0 Å². The van der Waals surface area contributed by atoms with Crippen molar-refractivity contribution < 1.29 is 28.8 Å². The molecule has 0 aliphatic rings. The Hall–Kier alpha value is -4.22. The average molecular weight is 586 g/mol. The van der Waals surface area contributed by atoms with Crippen molar-refractivity contribution in [3.63, 3.8) is 0 Å². The number of carbonyl (C=O) groups excluding carboxylic acids is 3. The lowest BCUT2D eigenvalue weighted by molar-refractivity contribution is -0.385. The molecule has 0 atom stereocenters. The van der Waals surface area contributed by atoms with Crippen molar-refractivity contribution in [1.82, 2.24) is 10.4 Å². The fourth-order valence-electron chi connectivity index (χ4n) is 4.05. The van der Waals surface area contributed by atoms with Gasteiger partial charge in [-0.2, -0.15) is 0 Å². The molecule has 2 rings (SSSR count). The lowest BCUT2D eigenvalue weighted by Gasteiger charge is -2.12. The average Bonchev–Trinajstić information content (AvgIpc) is 2.99. The van der Waals surface area contributed by atoms with Crippen LogP contribution in [0.1, 0.15) is 112 Å². The third-order valence-electron chi connectivity index (χ3n) is 6.39. The molecule has 3 N–H and O–H groups in total. The van der Waals surface area contributed by atoms with Crippen LogP contribution in [0.15, 0.2) is 36.5 Å². The molecule has 2 amide bonds. The zero-order chi connectivity index (χ0) is 30.6. The SMILES string of the molecule is CCCCCCCCOC(=O)c1cc(NC(=O)NNc2ccc([N+](=O)[O-])cn2)cc(C(=O)OCCCCCCCC)c1. The molecule has 1 heterocycles. The number of nitrogens with one attached hydrogen (secondary N) is 3. The van der Waals surface area contributed by atoms with E-state index in [0.717, 1.165) is 70.4 Å². The van der Waals surface area contributed by atoms with Gasteiger partial charge in [0.1, 0.15) is 12.0 Å². The second kappa shape index (κ2) is 19.8. The molecule has 0 spiro atoms. The van der Waals surface area contributed by atoms with E-state index in [-0.39, 0.29) is 41.5 Å². The van der Waals surface area contributed by atoms with Crippen LogP contribution in [0.4, 0.5) is 22.0 Å². The number of anilines is 2. The summed E-state index contributed by atoms with van der Waals surface area (Å²) in [7, 11) is 0. The Bertz CT molecular complexity index is 1090. The number of nitro groups is 1. The zero-order valence-corrected chi connectivity index (χ0v) is 24.6. The Kier molecular flexibility index (Phi) is 16.0. The molecular formula is C30H43N5O7. The number of rotatable bonds is 20. The Balaban J connectivity index is 2.01. The Morgan fingerprint density at radius 1 is 0.786 bits per heavy atom. The molecule has 0 radical (unpaired) electrons. The summed E-state index contributed by atoms with van der Waals surface area (Å²) in [5.41, 5.74) is 5.08. The third kappa shape index (κ3) is 13.4. The van der Waals surface area contributed by atoms with Crippen LogP contribution in [0.2, 0.25) is 0 Å². The summed E-state index contributed by atoms with van der Waals surface area (Å²) in [6, 6.07) is 6.07. The lowest BCUT2D eigenvalue weighted by Crippen LogP contribution is -2.34. The van der Waals surface area contributed by atoms with Crippen molar-refractivity contribution in [2.75, 3.05) is 24.0 Å². The summed E-state index contributed by atoms with van der Waals surface area (Å²) in [5, 5.41) is 13.3. The smallest absolute Gasteiger partial charge is 0.338 e. The minimum Gasteiger partial charge on any atom is -0.462 e. The second-order valence-electron chi connectivity index (χ2n) is 9.97. The fraction of sp³-hybridized carbons (Fsp3) is 0.533. The van der Waals surface area contributed by atoms with Crippen LogP contribution >= 0.6 is 0 Å². The predicted molar refractivity (Wildman–Crippen MR) is 160 cm³/mol. The first-order valence-electron chi connectivity index (χ1n) is 14.8. The molecule has 0 aliphatic carbocycles. The van der Waals surface area contributed by atoms with E-state index in [0.29, 0.717) is 0 Å². The van der Waals surface area contributed by atoms with Crippen LogP contribution in [0.3, 0.4) is 0 Å². The second-order valence-corrected chi connectivity index (χ2v) is 9.97. The third-order valence-corrected chi connectivity index (χ3v) is 6.39. The summed E-state index contributed by atoms with van der Waals surface area (Å²) in [5.74, 6) is -1.04. The summed E-state index contributed by atoms with van der Waals surface area (Å²) >= 11 is 0. The highest BCUT2D eigenvalue weighted by atomic mass is 16.6. The molecule has 42 heavy (non-hydrogen) atoms. The highest BCUT2D eigenvalue weighted by molar-refractivity contribution is 5.99. The number of hydrogen-bond donors (Lipinski definition) is 3. The number of amides is 2. The van der Waals surface area contributed by atoms with Gasteiger partial charge in [0.25, 0.3) is 5.69 Å². The summed E-state index contributed by atoms with van der Waals surface area (Å²) < 4.78 is 10.8. The van der Waals surface area contributed by atoms with Gasteiger partial charge in [-0.1, -0.05) is 78.1 Å². The number of carbonyl (C=O) groups is 3. The van der Waals surface area contributed by atoms with E-state index in [1.807, 2.05) is 0 Å². The Labute approximate surface area is 247 Å². The van der Waals surface area contributed by atoms with Gasteiger partial charge in [0, 0.05) is 11.8 Å². The molecule has 12 heteroatoms. The molecule has 0 saturated carbocycles. The molecule has 2 aromatic rings. The minimum absolute atomic E-state index is 0.107. The maximum Gasteiger partial charge on any atom is 0.338 e. The molecule has 1 aromatic heterocycles. The highest BCUT2D eigenvalue weighted by Crippen LogP contribution is 2.18.